The standard InChI is InChI=1S/C19H30O4/c1-6-22-10-11-23-17(20)9-7-8-15-12-14(2)18(21)16(13-15)19(3,4)5/h12-13,21H,6-11H2,1-5H3. The first kappa shape index (κ1) is 19.5. The van der Waals surface area contributed by atoms with Gasteiger partial charge in [-0.1, -0.05) is 32.9 Å². The molecule has 130 valence electrons. The van der Waals surface area contributed by atoms with Crippen LogP contribution in [-0.2, 0) is 26.1 Å². The number of hydrogen-bond acceptors (Lipinski definition) is 4. The summed E-state index contributed by atoms with van der Waals surface area (Å²) in [6, 6.07) is 4.04. The zero-order chi connectivity index (χ0) is 17.5. The Labute approximate surface area is 139 Å². The summed E-state index contributed by atoms with van der Waals surface area (Å²) in [4.78, 5) is 11.6. The molecular formula is C19H30O4. The van der Waals surface area contributed by atoms with Crippen molar-refractivity contribution >= 4 is 5.97 Å². The maximum Gasteiger partial charge on any atom is 0.305 e. The minimum Gasteiger partial charge on any atom is -0.507 e. The van der Waals surface area contributed by atoms with E-state index < -0.39 is 0 Å². The van der Waals surface area contributed by atoms with Crippen LogP contribution in [0, 0.1) is 6.92 Å². The largest absolute Gasteiger partial charge is 0.507 e. The number of benzene rings is 1. The van der Waals surface area contributed by atoms with E-state index in [-0.39, 0.29) is 11.4 Å². The van der Waals surface area contributed by atoms with Crippen molar-refractivity contribution in [3.63, 3.8) is 0 Å². The zero-order valence-electron chi connectivity index (χ0n) is 15.1. The summed E-state index contributed by atoms with van der Waals surface area (Å²) in [6.07, 6.45) is 1.93. The summed E-state index contributed by atoms with van der Waals surface area (Å²) < 4.78 is 10.2. The van der Waals surface area contributed by atoms with Crippen molar-refractivity contribution in [1.82, 2.24) is 0 Å². The molecule has 0 saturated carbocycles. The number of carbonyl (C=O) groups excluding carboxylic acids is 1. The van der Waals surface area contributed by atoms with Gasteiger partial charge in [0.1, 0.15) is 12.4 Å². The van der Waals surface area contributed by atoms with E-state index in [0.29, 0.717) is 32.0 Å². The molecule has 1 rings (SSSR count). The number of rotatable bonds is 8. The molecule has 0 amide bonds. The van der Waals surface area contributed by atoms with Gasteiger partial charge in [-0.2, -0.15) is 0 Å². The van der Waals surface area contributed by atoms with Gasteiger partial charge in [0.05, 0.1) is 6.61 Å². The fourth-order valence-electron chi connectivity index (χ4n) is 2.44. The Morgan fingerprint density at radius 1 is 1.22 bits per heavy atom. The number of aromatic hydroxyl groups is 1. The van der Waals surface area contributed by atoms with E-state index in [9.17, 15) is 9.90 Å². The van der Waals surface area contributed by atoms with Crippen molar-refractivity contribution < 1.29 is 19.4 Å². The maximum absolute atomic E-state index is 11.6. The van der Waals surface area contributed by atoms with E-state index in [1.165, 1.54) is 0 Å². The van der Waals surface area contributed by atoms with Crippen LogP contribution in [0.15, 0.2) is 12.1 Å². The molecule has 0 unspecified atom stereocenters. The number of hydrogen-bond donors (Lipinski definition) is 1. The molecule has 0 spiro atoms. The Bertz CT molecular complexity index is 515. The van der Waals surface area contributed by atoms with Crippen LogP contribution < -0.4 is 0 Å². The lowest BCUT2D eigenvalue weighted by atomic mass is 9.83. The second kappa shape index (κ2) is 8.92. The second-order valence-electron chi connectivity index (χ2n) is 6.83. The summed E-state index contributed by atoms with van der Waals surface area (Å²) in [5, 5.41) is 10.2. The molecule has 0 heterocycles. The Balaban J connectivity index is 2.52. The highest BCUT2D eigenvalue weighted by Gasteiger charge is 2.20. The minimum absolute atomic E-state index is 0.108. The van der Waals surface area contributed by atoms with Gasteiger partial charge < -0.3 is 14.6 Å². The molecule has 0 atom stereocenters. The molecule has 1 aromatic rings. The van der Waals surface area contributed by atoms with Crippen LogP contribution in [0.25, 0.3) is 0 Å². The molecule has 0 bridgehead atoms. The number of aryl methyl sites for hydroxylation is 2. The topological polar surface area (TPSA) is 55.8 Å². The number of ether oxygens (including phenoxy) is 2. The smallest absolute Gasteiger partial charge is 0.305 e. The molecule has 1 N–H and O–H groups in total. The van der Waals surface area contributed by atoms with Crippen molar-refractivity contribution in [2.45, 2.75) is 59.3 Å². The van der Waals surface area contributed by atoms with Crippen LogP contribution in [0.2, 0.25) is 0 Å². The molecule has 4 heteroatoms. The van der Waals surface area contributed by atoms with Gasteiger partial charge in [0.2, 0.25) is 0 Å². The SMILES string of the molecule is CCOCCOC(=O)CCCc1cc(C)c(O)c(C(C)(C)C)c1. The molecule has 0 aliphatic carbocycles. The Morgan fingerprint density at radius 3 is 2.52 bits per heavy atom. The predicted octanol–water partition coefficient (Wildman–Crippen LogP) is 3.90. The number of esters is 1. The van der Waals surface area contributed by atoms with Crippen LogP contribution in [0.1, 0.15) is 57.2 Å². The van der Waals surface area contributed by atoms with E-state index >= 15 is 0 Å². The van der Waals surface area contributed by atoms with Crippen molar-refractivity contribution in [2.24, 2.45) is 0 Å². The molecule has 0 saturated heterocycles. The first-order chi connectivity index (χ1) is 10.8. The lowest BCUT2D eigenvalue weighted by Crippen LogP contribution is -2.13. The molecule has 0 fully saturated rings. The molecule has 0 radical (unpaired) electrons. The molecule has 0 aliphatic rings. The molecule has 23 heavy (non-hydrogen) atoms. The van der Waals surface area contributed by atoms with Gasteiger partial charge in [0, 0.05) is 13.0 Å². The van der Waals surface area contributed by atoms with E-state index in [2.05, 4.69) is 20.8 Å². The van der Waals surface area contributed by atoms with Crippen LogP contribution in [0.5, 0.6) is 5.75 Å². The average molecular weight is 322 g/mol. The van der Waals surface area contributed by atoms with Gasteiger partial charge in [-0.25, -0.2) is 0 Å². The third kappa shape index (κ3) is 6.61. The molecular weight excluding hydrogens is 292 g/mol. The summed E-state index contributed by atoms with van der Waals surface area (Å²) in [5.41, 5.74) is 2.87. The normalized spacial score (nSPS) is 11.5. The van der Waals surface area contributed by atoms with Gasteiger partial charge in [-0.05, 0) is 48.8 Å². The van der Waals surface area contributed by atoms with Crippen LogP contribution in [0.4, 0.5) is 0 Å². The van der Waals surface area contributed by atoms with Crippen molar-refractivity contribution in [2.75, 3.05) is 19.8 Å². The Hall–Kier alpha value is -1.55. The number of carbonyl (C=O) groups is 1. The number of phenolic OH excluding ortho intramolecular Hbond substituents is 1. The highest BCUT2D eigenvalue weighted by Crippen LogP contribution is 2.34. The van der Waals surface area contributed by atoms with E-state index in [0.717, 1.165) is 29.5 Å². The summed E-state index contributed by atoms with van der Waals surface area (Å²) in [7, 11) is 0. The molecule has 1 aromatic carbocycles. The highest BCUT2D eigenvalue weighted by molar-refractivity contribution is 5.69. The minimum atomic E-state index is -0.184. The number of phenols is 1. The third-order valence-electron chi connectivity index (χ3n) is 3.71. The van der Waals surface area contributed by atoms with Crippen LogP contribution >= 0.6 is 0 Å². The summed E-state index contributed by atoms with van der Waals surface area (Å²) in [5.74, 6) is 0.188. The van der Waals surface area contributed by atoms with Crippen LogP contribution in [0.3, 0.4) is 0 Å². The van der Waals surface area contributed by atoms with E-state index in [1.807, 2.05) is 26.0 Å². The van der Waals surface area contributed by atoms with Gasteiger partial charge >= 0.3 is 5.97 Å². The molecule has 4 nitrogen and oxygen atoms in total. The monoisotopic (exact) mass is 322 g/mol. The lowest BCUT2D eigenvalue weighted by molar-refractivity contribution is -0.145. The van der Waals surface area contributed by atoms with Crippen LogP contribution in [-0.4, -0.2) is 30.9 Å². The van der Waals surface area contributed by atoms with Gasteiger partial charge in [0.25, 0.3) is 0 Å². The molecule has 0 aliphatic heterocycles. The van der Waals surface area contributed by atoms with Crippen molar-refractivity contribution in [1.29, 1.82) is 0 Å². The summed E-state index contributed by atoms with van der Waals surface area (Å²) in [6.45, 7) is 11.5. The Kier molecular flexibility index (Phi) is 7.56. The quantitative estimate of drug-likeness (QED) is 0.582. The van der Waals surface area contributed by atoms with E-state index in [1.54, 1.807) is 0 Å². The van der Waals surface area contributed by atoms with Gasteiger partial charge in [0.15, 0.2) is 0 Å². The predicted molar refractivity (Wildman–Crippen MR) is 91.9 cm³/mol. The lowest BCUT2D eigenvalue weighted by Gasteiger charge is -2.22. The zero-order valence-corrected chi connectivity index (χ0v) is 15.1. The average Bonchev–Trinajstić information content (AvgIpc) is 2.46. The van der Waals surface area contributed by atoms with Crippen molar-refractivity contribution in [3.05, 3.63) is 28.8 Å². The first-order valence-electron chi connectivity index (χ1n) is 8.32. The van der Waals surface area contributed by atoms with E-state index in [4.69, 9.17) is 9.47 Å². The Morgan fingerprint density at radius 2 is 1.91 bits per heavy atom. The first-order valence-corrected chi connectivity index (χ1v) is 8.32. The fraction of sp³-hybridized carbons (Fsp3) is 0.632. The molecule has 0 aromatic heterocycles. The van der Waals surface area contributed by atoms with Gasteiger partial charge in [-0.3, -0.25) is 4.79 Å². The second-order valence-corrected chi connectivity index (χ2v) is 6.83. The van der Waals surface area contributed by atoms with Crippen molar-refractivity contribution in [3.8, 4) is 5.75 Å². The summed E-state index contributed by atoms with van der Waals surface area (Å²) >= 11 is 0. The third-order valence-corrected chi connectivity index (χ3v) is 3.71. The highest BCUT2D eigenvalue weighted by atomic mass is 16.6. The fourth-order valence-corrected chi connectivity index (χ4v) is 2.44. The van der Waals surface area contributed by atoms with Gasteiger partial charge in [-0.15, -0.1) is 0 Å². The maximum atomic E-state index is 11.6.